The highest BCUT2D eigenvalue weighted by Crippen LogP contribution is 2.34. The van der Waals surface area contributed by atoms with Crippen molar-refractivity contribution in [1.29, 1.82) is 0 Å². The molecule has 168 valence electrons. The summed E-state index contributed by atoms with van der Waals surface area (Å²) in [7, 11) is 1.67. The molecule has 0 aliphatic carbocycles. The van der Waals surface area contributed by atoms with Crippen molar-refractivity contribution < 1.29 is 18.9 Å². The predicted octanol–water partition coefficient (Wildman–Crippen LogP) is 3.56. The molecular formula is C24H27N3O4S. The zero-order valence-corrected chi connectivity index (χ0v) is 19.0. The van der Waals surface area contributed by atoms with Crippen LogP contribution in [0.25, 0.3) is 11.3 Å². The number of thiazole rings is 1. The number of morpholine rings is 1. The van der Waals surface area contributed by atoms with Gasteiger partial charge >= 0.3 is 0 Å². The Labute approximate surface area is 191 Å². The molecule has 1 saturated heterocycles. The van der Waals surface area contributed by atoms with Crippen LogP contribution in [0.5, 0.6) is 17.2 Å². The maximum Gasteiger partial charge on any atom is 0.190 e. The van der Waals surface area contributed by atoms with Gasteiger partial charge in [0, 0.05) is 37.1 Å². The first-order chi connectivity index (χ1) is 15.8. The molecule has 0 saturated carbocycles. The van der Waals surface area contributed by atoms with Gasteiger partial charge < -0.3 is 23.5 Å². The maximum absolute atomic E-state index is 5.82. The van der Waals surface area contributed by atoms with Gasteiger partial charge in [-0.3, -0.25) is 4.90 Å². The number of fused-ring (bicyclic) bond motifs is 1. The lowest BCUT2D eigenvalue weighted by molar-refractivity contribution is 0.0363. The van der Waals surface area contributed by atoms with Crippen LogP contribution in [0.1, 0.15) is 0 Å². The van der Waals surface area contributed by atoms with Crippen molar-refractivity contribution >= 4 is 17.0 Å². The van der Waals surface area contributed by atoms with E-state index >= 15 is 0 Å². The number of aromatic nitrogens is 1. The third kappa shape index (κ3) is 4.67. The number of hydrogen-bond donors (Lipinski definition) is 0. The van der Waals surface area contributed by atoms with Crippen LogP contribution in [-0.4, -0.2) is 62.6 Å². The molecule has 2 aromatic carbocycles. The Morgan fingerprint density at radius 1 is 0.938 bits per heavy atom. The summed E-state index contributed by atoms with van der Waals surface area (Å²) in [5.41, 5.74) is 3.14. The van der Waals surface area contributed by atoms with Crippen LogP contribution in [-0.2, 0) is 11.3 Å². The second kappa shape index (κ2) is 9.77. The molecule has 7 nitrogen and oxygen atoms in total. The molecule has 0 N–H and O–H groups in total. The molecule has 0 bridgehead atoms. The summed E-state index contributed by atoms with van der Waals surface area (Å²) in [5.74, 6) is 2.43. The molecule has 8 heteroatoms. The summed E-state index contributed by atoms with van der Waals surface area (Å²) < 4.78 is 24.6. The van der Waals surface area contributed by atoms with Crippen LogP contribution in [0, 0.1) is 0 Å². The minimum absolute atomic E-state index is 0.579. The Hall–Kier alpha value is -2.81. The lowest BCUT2D eigenvalue weighted by Gasteiger charge is -2.27. The average Bonchev–Trinajstić information content (AvgIpc) is 3.25. The van der Waals surface area contributed by atoms with E-state index in [4.69, 9.17) is 23.9 Å². The Morgan fingerprint density at radius 2 is 1.72 bits per heavy atom. The van der Waals surface area contributed by atoms with E-state index in [0.717, 1.165) is 78.4 Å². The van der Waals surface area contributed by atoms with Crippen molar-refractivity contribution in [1.82, 2.24) is 9.47 Å². The largest absolute Gasteiger partial charge is 0.497 e. The van der Waals surface area contributed by atoms with Gasteiger partial charge in [-0.05, 0) is 42.5 Å². The lowest BCUT2D eigenvalue weighted by Crippen LogP contribution is -2.39. The summed E-state index contributed by atoms with van der Waals surface area (Å²) in [6.07, 6.45) is 0. The van der Waals surface area contributed by atoms with Crippen LogP contribution >= 0.6 is 11.3 Å². The summed E-state index contributed by atoms with van der Waals surface area (Å²) in [6, 6.07) is 14.0. The smallest absolute Gasteiger partial charge is 0.190 e. The molecule has 0 unspecified atom stereocenters. The van der Waals surface area contributed by atoms with Crippen molar-refractivity contribution in [2.24, 2.45) is 4.99 Å². The number of rotatable bonds is 6. The zero-order valence-electron chi connectivity index (χ0n) is 18.2. The zero-order chi connectivity index (χ0) is 21.8. The molecule has 1 fully saturated rings. The van der Waals surface area contributed by atoms with Gasteiger partial charge in [0.05, 0.1) is 31.7 Å². The van der Waals surface area contributed by atoms with E-state index in [1.54, 1.807) is 18.4 Å². The Balaban J connectivity index is 1.50. The first-order valence-corrected chi connectivity index (χ1v) is 11.8. The van der Waals surface area contributed by atoms with Crippen LogP contribution < -0.4 is 19.0 Å². The van der Waals surface area contributed by atoms with Gasteiger partial charge in [0.25, 0.3) is 0 Å². The van der Waals surface area contributed by atoms with Crippen molar-refractivity contribution in [3.63, 3.8) is 0 Å². The van der Waals surface area contributed by atoms with E-state index in [1.165, 1.54) is 0 Å². The predicted molar refractivity (Wildman–Crippen MR) is 124 cm³/mol. The lowest BCUT2D eigenvalue weighted by atomic mass is 10.1. The first kappa shape index (κ1) is 21.1. The number of benzene rings is 2. The average molecular weight is 454 g/mol. The number of methoxy groups -OCH3 is 1. The van der Waals surface area contributed by atoms with E-state index < -0.39 is 0 Å². The van der Waals surface area contributed by atoms with Gasteiger partial charge in [-0.2, -0.15) is 0 Å². The molecule has 32 heavy (non-hydrogen) atoms. The second-order valence-electron chi connectivity index (χ2n) is 7.68. The fraction of sp³-hybridized carbons (Fsp3) is 0.375. The molecule has 0 spiro atoms. The van der Waals surface area contributed by atoms with Crippen LogP contribution in [0.2, 0.25) is 0 Å². The van der Waals surface area contributed by atoms with Crippen LogP contribution in [0.4, 0.5) is 5.69 Å². The van der Waals surface area contributed by atoms with Gasteiger partial charge in [-0.1, -0.05) is 0 Å². The van der Waals surface area contributed by atoms with E-state index in [-0.39, 0.29) is 0 Å². The summed E-state index contributed by atoms with van der Waals surface area (Å²) in [6.45, 7) is 6.50. The minimum atomic E-state index is 0.579. The first-order valence-electron chi connectivity index (χ1n) is 10.9. The fourth-order valence-electron chi connectivity index (χ4n) is 3.90. The van der Waals surface area contributed by atoms with Gasteiger partial charge in [0.15, 0.2) is 16.3 Å². The molecule has 0 atom stereocenters. The normalized spacial score (nSPS) is 16.8. The molecular weight excluding hydrogens is 426 g/mol. The third-order valence-electron chi connectivity index (χ3n) is 5.68. The Bertz CT molecular complexity index is 1120. The van der Waals surface area contributed by atoms with Gasteiger partial charge in [-0.25, -0.2) is 4.99 Å². The number of ether oxygens (including phenoxy) is 4. The summed E-state index contributed by atoms with van der Waals surface area (Å²) in [4.78, 5) is 8.35. The highest BCUT2D eigenvalue weighted by molar-refractivity contribution is 7.07. The molecule has 0 radical (unpaired) electrons. The molecule has 2 aliphatic rings. The van der Waals surface area contributed by atoms with Gasteiger partial charge in [0.1, 0.15) is 19.0 Å². The molecule has 1 aromatic heterocycles. The molecule has 3 heterocycles. The van der Waals surface area contributed by atoms with E-state index in [0.29, 0.717) is 13.2 Å². The van der Waals surface area contributed by atoms with E-state index in [1.807, 2.05) is 30.3 Å². The SMILES string of the molecule is COc1ccc(N=c2scc(-c3ccc4c(c3)OCCO4)n2CCN2CCOCC2)cc1. The Kier molecular flexibility index (Phi) is 6.43. The van der Waals surface area contributed by atoms with Gasteiger partial charge in [-0.15, -0.1) is 11.3 Å². The third-order valence-corrected chi connectivity index (χ3v) is 6.54. The summed E-state index contributed by atoms with van der Waals surface area (Å²) >= 11 is 1.65. The number of hydrogen-bond acceptors (Lipinski definition) is 7. The molecule has 5 rings (SSSR count). The highest BCUT2D eigenvalue weighted by Gasteiger charge is 2.16. The van der Waals surface area contributed by atoms with Crippen molar-refractivity contribution in [2.45, 2.75) is 6.54 Å². The Morgan fingerprint density at radius 3 is 2.50 bits per heavy atom. The monoisotopic (exact) mass is 453 g/mol. The molecule has 3 aromatic rings. The molecule has 2 aliphatic heterocycles. The topological polar surface area (TPSA) is 57.5 Å². The standard InChI is InChI=1S/C24H27N3O4S/c1-28-20-5-3-19(4-6-20)25-24-27(9-8-26-10-12-29-13-11-26)21(17-32-24)18-2-7-22-23(16-18)31-15-14-30-22/h2-7,16-17H,8-15H2,1H3. The van der Waals surface area contributed by atoms with Gasteiger partial charge in [0.2, 0.25) is 0 Å². The fourth-order valence-corrected chi connectivity index (χ4v) is 4.86. The minimum Gasteiger partial charge on any atom is -0.497 e. The number of nitrogens with zero attached hydrogens (tertiary/aromatic N) is 3. The summed E-state index contributed by atoms with van der Waals surface area (Å²) in [5, 5.41) is 2.17. The van der Waals surface area contributed by atoms with E-state index in [2.05, 4.69) is 27.0 Å². The van der Waals surface area contributed by atoms with Crippen molar-refractivity contribution in [3.05, 3.63) is 52.6 Å². The highest BCUT2D eigenvalue weighted by atomic mass is 32.1. The maximum atomic E-state index is 5.82. The molecule has 0 amide bonds. The van der Waals surface area contributed by atoms with Crippen molar-refractivity contribution in [3.8, 4) is 28.5 Å². The quantitative estimate of drug-likeness (QED) is 0.571. The van der Waals surface area contributed by atoms with E-state index in [9.17, 15) is 0 Å². The second-order valence-corrected chi connectivity index (χ2v) is 8.51. The van der Waals surface area contributed by atoms with Crippen molar-refractivity contribution in [2.75, 3.05) is 53.2 Å². The van der Waals surface area contributed by atoms with Crippen LogP contribution in [0.3, 0.4) is 0 Å². The van der Waals surface area contributed by atoms with Crippen LogP contribution in [0.15, 0.2) is 52.8 Å².